The molecule has 0 fully saturated rings. The third kappa shape index (κ3) is 7.17. The topological polar surface area (TPSA) is 89.5 Å². The van der Waals surface area contributed by atoms with Gasteiger partial charge in [-0.15, -0.1) is 0 Å². The molecule has 2 N–H and O–H groups in total. The molecule has 1 heterocycles. The first-order valence-corrected chi connectivity index (χ1v) is 11.7. The number of hydrogen-bond acceptors (Lipinski definition) is 5. The van der Waals surface area contributed by atoms with Crippen molar-refractivity contribution in [2.24, 2.45) is 0 Å². The van der Waals surface area contributed by atoms with Crippen molar-refractivity contribution in [1.29, 1.82) is 0 Å². The molecule has 182 valence electrons. The van der Waals surface area contributed by atoms with Crippen LogP contribution in [-0.4, -0.2) is 23.7 Å². The summed E-state index contributed by atoms with van der Waals surface area (Å²) in [6.07, 6.45) is 1.16. The SMILES string of the molecule is O=C(NCc1cccc(-c2ccccc2)c1OC(=O)NCCc1ccccn1)OCc1ccccc1. The van der Waals surface area contributed by atoms with Gasteiger partial charge in [0, 0.05) is 42.5 Å². The van der Waals surface area contributed by atoms with Gasteiger partial charge < -0.3 is 20.1 Å². The fourth-order valence-corrected chi connectivity index (χ4v) is 3.60. The van der Waals surface area contributed by atoms with Gasteiger partial charge in [-0.05, 0) is 23.3 Å². The van der Waals surface area contributed by atoms with Gasteiger partial charge in [-0.3, -0.25) is 4.98 Å². The van der Waals surface area contributed by atoms with Gasteiger partial charge in [-0.25, -0.2) is 9.59 Å². The minimum atomic E-state index is -0.581. The average Bonchev–Trinajstić information content (AvgIpc) is 2.93. The second-order valence-corrected chi connectivity index (χ2v) is 7.96. The van der Waals surface area contributed by atoms with Crippen LogP contribution in [0.5, 0.6) is 5.75 Å². The molecule has 0 radical (unpaired) electrons. The molecular formula is C29H27N3O4. The van der Waals surface area contributed by atoms with Crippen molar-refractivity contribution in [1.82, 2.24) is 15.6 Å². The van der Waals surface area contributed by atoms with E-state index in [-0.39, 0.29) is 13.2 Å². The Hall–Kier alpha value is -4.65. The zero-order valence-corrected chi connectivity index (χ0v) is 19.7. The van der Waals surface area contributed by atoms with E-state index in [1.165, 1.54) is 0 Å². The first kappa shape index (κ1) is 24.5. The zero-order chi connectivity index (χ0) is 25.0. The largest absolute Gasteiger partial charge is 0.445 e. The predicted octanol–water partition coefficient (Wildman–Crippen LogP) is 5.51. The number of nitrogens with one attached hydrogen (secondary N) is 2. The average molecular weight is 482 g/mol. The van der Waals surface area contributed by atoms with Crippen LogP contribution in [0, 0.1) is 0 Å². The summed E-state index contributed by atoms with van der Waals surface area (Å²) in [6, 6.07) is 30.3. The van der Waals surface area contributed by atoms with Gasteiger partial charge >= 0.3 is 12.2 Å². The molecule has 0 unspecified atom stereocenters. The molecule has 0 aliphatic carbocycles. The Balaban J connectivity index is 1.43. The lowest BCUT2D eigenvalue weighted by molar-refractivity contribution is 0.139. The molecule has 36 heavy (non-hydrogen) atoms. The highest BCUT2D eigenvalue weighted by atomic mass is 16.6. The number of benzene rings is 3. The van der Waals surface area contributed by atoms with E-state index in [1.54, 1.807) is 12.3 Å². The maximum Gasteiger partial charge on any atom is 0.412 e. The molecule has 4 aromatic rings. The molecular weight excluding hydrogens is 454 g/mol. The summed E-state index contributed by atoms with van der Waals surface area (Å²) in [5.74, 6) is 0.377. The lowest BCUT2D eigenvalue weighted by atomic mass is 10.0. The highest BCUT2D eigenvalue weighted by Gasteiger charge is 2.16. The van der Waals surface area contributed by atoms with Crippen molar-refractivity contribution >= 4 is 12.2 Å². The first-order valence-electron chi connectivity index (χ1n) is 11.7. The van der Waals surface area contributed by atoms with E-state index in [0.717, 1.165) is 22.4 Å². The second kappa shape index (κ2) is 12.7. The lowest BCUT2D eigenvalue weighted by Gasteiger charge is -2.16. The van der Waals surface area contributed by atoms with Crippen molar-refractivity contribution in [3.63, 3.8) is 0 Å². The molecule has 3 aromatic carbocycles. The number of carbonyl (C=O) groups excluding carboxylic acids is 2. The molecule has 7 heteroatoms. The number of nitrogens with zero attached hydrogens (tertiary/aromatic N) is 1. The van der Waals surface area contributed by atoms with E-state index < -0.39 is 12.2 Å². The number of hydrogen-bond donors (Lipinski definition) is 2. The van der Waals surface area contributed by atoms with Crippen molar-refractivity contribution in [2.45, 2.75) is 19.6 Å². The molecule has 2 amide bonds. The highest BCUT2D eigenvalue weighted by molar-refractivity contribution is 5.78. The van der Waals surface area contributed by atoms with Crippen LogP contribution < -0.4 is 15.4 Å². The van der Waals surface area contributed by atoms with E-state index in [4.69, 9.17) is 9.47 Å². The smallest absolute Gasteiger partial charge is 0.412 e. The maximum absolute atomic E-state index is 12.7. The Labute approximate surface area is 210 Å². The maximum atomic E-state index is 12.7. The Bertz CT molecular complexity index is 1270. The van der Waals surface area contributed by atoms with E-state index in [2.05, 4.69) is 15.6 Å². The molecule has 0 atom stereocenters. The first-order chi connectivity index (χ1) is 17.7. The molecule has 7 nitrogen and oxygen atoms in total. The quantitative estimate of drug-likeness (QED) is 0.329. The molecule has 0 spiro atoms. The van der Waals surface area contributed by atoms with Crippen molar-refractivity contribution in [2.75, 3.05) is 6.54 Å². The van der Waals surface area contributed by atoms with Crippen LogP contribution in [0.3, 0.4) is 0 Å². The monoisotopic (exact) mass is 481 g/mol. The standard InChI is InChI=1S/C29H27N3O4/c33-28(35-21-22-10-3-1-4-11-22)32-20-24-14-9-16-26(23-12-5-2-6-13-23)27(24)36-29(34)31-19-17-25-15-7-8-18-30-25/h1-16,18H,17,19-21H2,(H,31,34)(H,32,33). The Morgan fingerprint density at radius 2 is 1.50 bits per heavy atom. The van der Waals surface area contributed by atoms with Crippen LogP contribution in [0.15, 0.2) is 103 Å². The lowest BCUT2D eigenvalue weighted by Crippen LogP contribution is -2.30. The number of amides is 2. The number of para-hydroxylation sites is 1. The summed E-state index contributed by atoms with van der Waals surface area (Å²) in [7, 11) is 0. The second-order valence-electron chi connectivity index (χ2n) is 7.96. The number of alkyl carbamates (subject to hydrolysis) is 1. The zero-order valence-electron chi connectivity index (χ0n) is 19.7. The van der Waals surface area contributed by atoms with Gasteiger partial charge in [-0.1, -0.05) is 84.9 Å². The van der Waals surface area contributed by atoms with Gasteiger partial charge in [0.15, 0.2) is 0 Å². The van der Waals surface area contributed by atoms with Crippen LogP contribution in [0.25, 0.3) is 11.1 Å². The van der Waals surface area contributed by atoms with E-state index in [0.29, 0.717) is 24.3 Å². The Morgan fingerprint density at radius 3 is 2.25 bits per heavy atom. The van der Waals surface area contributed by atoms with E-state index in [9.17, 15) is 9.59 Å². The normalized spacial score (nSPS) is 10.3. The predicted molar refractivity (Wildman–Crippen MR) is 137 cm³/mol. The number of ether oxygens (including phenoxy) is 2. The Kier molecular flexibility index (Phi) is 8.64. The summed E-state index contributed by atoms with van der Waals surface area (Å²) < 4.78 is 11.1. The van der Waals surface area contributed by atoms with Crippen LogP contribution in [0.2, 0.25) is 0 Å². The van der Waals surface area contributed by atoms with Crippen LogP contribution in [0.4, 0.5) is 9.59 Å². The fourth-order valence-electron chi connectivity index (χ4n) is 3.60. The highest BCUT2D eigenvalue weighted by Crippen LogP contribution is 2.33. The van der Waals surface area contributed by atoms with Crippen LogP contribution >= 0.6 is 0 Å². The number of aromatic nitrogens is 1. The summed E-state index contributed by atoms with van der Waals surface area (Å²) in [5, 5.41) is 5.52. The van der Waals surface area contributed by atoms with Gasteiger partial charge in [0.25, 0.3) is 0 Å². The third-order valence-corrected chi connectivity index (χ3v) is 5.39. The van der Waals surface area contributed by atoms with Gasteiger partial charge in [-0.2, -0.15) is 0 Å². The molecule has 0 aliphatic rings. The summed E-state index contributed by atoms with van der Waals surface area (Å²) >= 11 is 0. The van der Waals surface area contributed by atoms with E-state index in [1.807, 2.05) is 91.0 Å². The number of pyridine rings is 1. The minimum Gasteiger partial charge on any atom is -0.445 e. The van der Waals surface area contributed by atoms with E-state index >= 15 is 0 Å². The van der Waals surface area contributed by atoms with Gasteiger partial charge in [0.05, 0.1) is 0 Å². The van der Waals surface area contributed by atoms with Crippen LogP contribution in [-0.2, 0) is 24.3 Å². The molecule has 1 aromatic heterocycles. The van der Waals surface area contributed by atoms with Gasteiger partial charge in [0.1, 0.15) is 12.4 Å². The van der Waals surface area contributed by atoms with Gasteiger partial charge in [0.2, 0.25) is 0 Å². The molecule has 0 bridgehead atoms. The molecule has 4 rings (SSSR count). The Morgan fingerprint density at radius 1 is 0.750 bits per heavy atom. The van der Waals surface area contributed by atoms with Crippen LogP contribution in [0.1, 0.15) is 16.8 Å². The number of rotatable bonds is 9. The van der Waals surface area contributed by atoms with Crippen molar-refractivity contribution < 1.29 is 19.1 Å². The summed E-state index contributed by atoms with van der Waals surface area (Å²) in [6.45, 7) is 0.673. The molecule has 0 aliphatic heterocycles. The summed E-state index contributed by atoms with van der Waals surface area (Å²) in [4.78, 5) is 29.2. The molecule has 0 saturated heterocycles. The van der Waals surface area contributed by atoms with Crippen molar-refractivity contribution in [3.05, 3.63) is 120 Å². The fraction of sp³-hybridized carbons (Fsp3) is 0.138. The third-order valence-electron chi connectivity index (χ3n) is 5.39. The molecule has 0 saturated carbocycles. The number of carbonyl (C=O) groups is 2. The minimum absolute atomic E-state index is 0.130. The van der Waals surface area contributed by atoms with Crippen molar-refractivity contribution in [3.8, 4) is 16.9 Å². The summed E-state index contributed by atoms with van der Waals surface area (Å²) in [5.41, 5.74) is 4.05.